The molecule has 239 valence electrons. The van der Waals surface area contributed by atoms with Crippen molar-refractivity contribution in [3.8, 4) is 0 Å². The van der Waals surface area contributed by atoms with Crippen LogP contribution in [-0.2, 0) is 44.2 Å². The van der Waals surface area contributed by atoms with E-state index in [9.17, 15) is 0 Å². The number of halogens is 3. The van der Waals surface area contributed by atoms with Crippen molar-refractivity contribution in [3.63, 3.8) is 0 Å². The summed E-state index contributed by atoms with van der Waals surface area (Å²) in [6.07, 6.45) is 13.5. The van der Waals surface area contributed by atoms with E-state index in [2.05, 4.69) is 77.9 Å². The molecule has 3 nitrogen and oxygen atoms in total. The third kappa shape index (κ3) is 12.6. The molecule has 0 atom stereocenters. The number of unbranched alkanes of at least 4 members (excludes halogenated alkanes) is 4. The number of aryl methyl sites for hydroxylation is 4. The van der Waals surface area contributed by atoms with Gasteiger partial charge in [0.1, 0.15) is 0 Å². The van der Waals surface area contributed by atoms with Crippen LogP contribution in [-0.4, -0.2) is 16.4 Å². The minimum Gasteiger partial charge on any atom is -1.00 e. The van der Waals surface area contributed by atoms with E-state index >= 15 is 0 Å². The van der Waals surface area contributed by atoms with Crippen LogP contribution >= 0.6 is 11.6 Å². The van der Waals surface area contributed by atoms with Gasteiger partial charge in [0.05, 0.1) is 34.2 Å². The monoisotopic (exact) mass is 692 g/mol. The number of pyridine rings is 1. The van der Waals surface area contributed by atoms with Crippen LogP contribution in [0.25, 0.3) is 0 Å². The maximum absolute atomic E-state index is 6.69. The third-order valence-corrected chi connectivity index (χ3v) is 7.91. The van der Waals surface area contributed by atoms with E-state index in [1.807, 2.05) is 12.1 Å². The van der Waals surface area contributed by atoms with Crippen molar-refractivity contribution in [2.75, 3.05) is 0 Å². The summed E-state index contributed by atoms with van der Waals surface area (Å²) in [4.78, 5) is 15.5. The summed E-state index contributed by atoms with van der Waals surface area (Å²) < 4.78 is 0. The predicted octanol–water partition coefficient (Wildman–Crippen LogP) is 5.39. The summed E-state index contributed by atoms with van der Waals surface area (Å²) in [5.41, 5.74) is 10.9. The first-order chi connectivity index (χ1) is 19.9. The summed E-state index contributed by atoms with van der Waals surface area (Å²) in [7, 11) is 0. The summed E-state index contributed by atoms with van der Waals surface area (Å²) in [5, 5.41) is 0.657. The number of aromatic nitrogens is 1. The molecule has 0 saturated carbocycles. The van der Waals surface area contributed by atoms with Crippen LogP contribution in [0.15, 0.2) is 58.5 Å². The molecule has 0 saturated heterocycles. The molecule has 0 amide bonds. The molecule has 0 unspecified atom stereocenters. The Labute approximate surface area is 296 Å². The molecule has 1 heterocycles. The van der Waals surface area contributed by atoms with Crippen LogP contribution in [0.5, 0.6) is 0 Å². The minimum absolute atomic E-state index is 0. The molecule has 7 heteroatoms. The van der Waals surface area contributed by atoms with E-state index in [4.69, 9.17) is 26.6 Å². The standard InChI is InChI=1S/C37H50ClN3.2ClH.V/c1-7-11-17-29-21-15-22-30(18-12-8-2)36(29)39-27(5)34-25-33(38)26-35(41-34)28(6)40-37-31(19-13-9-3)23-16-24-32(37)20-14-10-4;;;/h15-16,21-26H,7-14,17-20H2,1-6H3;2*1H;/q;;;+2/p-2. The number of hydrogen-bond acceptors (Lipinski definition) is 3. The van der Waals surface area contributed by atoms with Crippen molar-refractivity contribution < 1.29 is 43.4 Å². The second-order valence-electron chi connectivity index (χ2n) is 11.2. The first-order valence-corrected chi connectivity index (χ1v) is 16.3. The third-order valence-electron chi connectivity index (χ3n) is 7.70. The molecule has 0 N–H and O–H groups in total. The molecule has 44 heavy (non-hydrogen) atoms. The van der Waals surface area contributed by atoms with E-state index in [0.717, 1.165) is 85.6 Å². The molecule has 2 aromatic carbocycles. The largest absolute Gasteiger partial charge is 2.00 e. The average molecular weight is 694 g/mol. The van der Waals surface area contributed by atoms with E-state index < -0.39 is 0 Å². The van der Waals surface area contributed by atoms with Gasteiger partial charge in [-0.15, -0.1) is 0 Å². The van der Waals surface area contributed by atoms with E-state index in [0.29, 0.717) is 5.02 Å². The number of rotatable bonds is 16. The van der Waals surface area contributed by atoms with Crippen molar-refractivity contribution in [1.29, 1.82) is 0 Å². The Morgan fingerprint density at radius 1 is 0.591 bits per heavy atom. The van der Waals surface area contributed by atoms with Gasteiger partial charge in [-0.25, -0.2) is 4.98 Å². The van der Waals surface area contributed by atoms with Crippen LogP contribution in [0.4, 0.5) is 11.4 Å². The molecule has 0 aliphatic heterocycles. The second kappa shape index (κ2) is 22.8. The molecule has 1 radical (unpaired) electrons. The zero-order valence-corrected chi connectivity index (χ0v) is 31.2. The van der Waals surface area contributed by atoms with Gasteiger partial charge in [0, 0.05) is 5.02 Å². The molecule has 3 rings (SSSR count). The van der Waals surface area contributed by atoms with Gasteiger partial charge in [-0.3, -0.25) is 9.98 Å². The fourth-order valence-electron chi connectivity index (χ4n) is 5.17. The Morgan fingerprint density at radius 2 is 0.886 bits per heavy atom. The normalized spacial score (nSPS) is 11.4. The summed E-state index contributed by atoms with van der Waals surface area (Å²) in [6.45, 7) is 13.1. The molecule has 0 bridgehead atoms. The quantitative estimate of drug-likeness (QED) is 0.186. The molecule has 0 aliphatic carbocycles. The Hall–Kier alpha value is -1.62. The van der Waals surface area contributed by atoms with Crippen LogP contribution in [0.3, 0.4) is 0 Å². The van der Waals surface area contributed by atoms with Gasteiger partial charge in [0.2, 0.25) is 0 Å². The summed E-state index contributed by atoms with van der Waals surface area (Å²) in [6, 6.07) is 17.2. The molecule has 0 fully saturated rings. The number of nitrogens with zero attached hydrogens (tertiary/aromatic N) is 3. The number of benzene rings is 2. The topological polar surface area (TPSA) is 37.6 Å². The summed E-state index contributed by atoms with van der Waals surface area (Å²) in [5.74, 6) is 0. The van der Waals surface area contributed by atoms with Gasteiger partial charge in [-0.05, 0) is 99.6 Å². The van der Waals surface area contributed by atoms with Crippen LogP contribution in [0, 0.1) is 0 Å². The Morgan fingerprint density at radius 3 is 1.16 bits per heavy atom. The Balaban J connectivity index is 0.00000616. The molecular weight excluding hydrogens is 644 g/mol. The van der Waals surface area contributed by atoms with E-state index in [1.54, 1.807) is 0 Å². The average Bonchev–Trinajstić information content (AvgIpc) is 2.98. The fraction of sp³-hybridized carbons (Fsp3) is 0.486. The van der Waals surface area contributed by atoms with Crippen LogP contribution < -0.4 is 24.8 Å². The number of para-hydroxylation sites is 2. The van der Waals surface area contributed by atoms with Gasteiger partial charge in [0.15, 0.2) is 0 Å². The van der Waals surface area contributed by atoms with E-state index in [-0.39, 0.29) is 43.4 Å². The van der Waals surface area contributed by atoms with Crippen molar-refractivity contribution in [3.05, 3.63) is 87.2 Å². The smallest absolute Gasteiger partial charge is 1.00 e. The first-order valence-electron chi connectivity index (χ1n) is 15.9. The Kier molecular flexibility index (Phi) is 22.0. The molecule has 3 aromatic rings. The van der Waals surface area contributed by atoms with Crippen molar-refractivity contribution in [2.45, 2.75) is 119 Å². The molecule has 0 aliphatic rings. The molecule has 0 spiro atoms. The van der Waals surface area contributed by atoms with Crippen molar-refractivity contribution in [1.82, 2.24) is 4.98 Å². The van der Waals surface area contributed by atoms with E-state index in [1.165, 1.54) is 47.9 Å². The minimum atomic E-state index is 0. The van der Waals surface area contributed by atoms with Gasteiger partial charge in [-0.1, -0.05) is 101 Å². The zero-order valence-electron chi connectivity index (χ0n) is 27.5. The van der Waals surface area contributed by atoms with Crippen molar-refractivity contribution in [2.24, 2.45) is 9.98 Å². The van der Waals surface area contributed by atoms with Gasteiger partial charge < -0.3 is 24.8 Å². The predicted molar refractivity (Wildman–Crippen MR) is 180 cm³/mol. The van der Waals surface area contributed by atoms with Gasteiger partial charge in [-0.2, -0.15) is 0 Å². The second-order valence-corrected chi connectivity index (χ2v) is 11.7. The van der Waals surface area contributed by atoms with Gasteiger partial charge >= 0.3 is 18.6 Å². The van der Waals surface area contributed by atoms with Crippen LogP contribution in [0.2, 0.25) is 5.02 Å². The van der Waals surface area contributed by atoms with Crippen molar-refractivity contribution >= 4 is 34.4 Å². The van der Waals surface area contributed by atoms with Crippen LogP contribution in [0.1, 0.15) is 127 Å². The zero-order chi connectivity index (χ0) is 29.6. The molecular formula is C37H50Cl3N3V. The maximum Gasteiger partial charge on any atom is 2.00 e. The van der Waals surface area contributed by atoms with Gasteiger partial charge in [0.25, 0.3) is 0 Å². The SMILES string of the molecule is CCCCc1cccc(CCCC)c1N=C(C)c1cc(Cl)cc(C(C)=Nc2c(CCCC)cccc2CCCC)n1.[Cl-].[Cl-].[V+2]. The number of aliphatic imine (C=N–C) groups is 2. The molecule has 1 aromatic heterocycles. The Bertz CT molecular complexity index is 1190. The first kappa shape index (κ1) is 42.4. The fourth-order valence-corrected chi connectivity index (χ4v) is 5.38. The maximum atomic E-state index is 6.69. The number of hydrogen-bond donors (Lipinski definition) is 0. The summed E-state index contributed by atoms with van der Waals surface area (Å²) >= 11 is 6.69.